The summed E-state index contributed by atoms with van der Waals surface area (Å²) in [6.07, 6.45) is -0.675. The van der Waals surface area contributed by atoms with Crippen LogP contribution in [0.5, 0.6) is 5.75 Å². The first kappa shape index (κ1) is 14.1. The van der Waals surface area contributed by atoms with Crippen LogP contribution >= 0.6 is 7.82 Å². The quantitative estimate of drug-likeness (QED) is 0.377. The lowest BCUT2D eigenvalue weighted by Gasteiger charge is -2.24. The van der Waals surface area contributed by atoms with E-state index < -0.39 is 14.1 Å². The van der Waals surface area contributed by atoms with Crippen molar-refractivity contribution >= 4 is 7.82 Å². The van der Waals surface area contributed by atoms with E-state index in [9.17, 15) is 14.8 Å². The maximum absolute atomic E-state index is 11.5. The van der Waals surface area contributed by atoms with Crippen LogP contribution < -0.4 is 9.67 Å². The van der Waals surface area contributed by atoms with Gasteiger partial charge < -0.3 is 20.0 Å². The monoisotopic (exact) mass is 263 g/mol. The molecule has 0 fully saturated rings. The highest BCUT2D eigenvalue weighted by atomic mass is 31.2. The van der Waals surface area contributed by atoms with Crippen LogP contribution in [0.4, 0.5) is 0 Å². The van der Waals surface area contributed by atoms with Crippen molar-refractivity contribution in [3.05, 3.63) is 23.0 Å². The van der Waals surface area contributed by atoms with Gasteiger partial charge in [-0.1, -0.05) is 0 Å². The number of hydrogen-bond donors (Lipinski definition) is 3. The third kappa shape index (κ3) is 3.24. The number of hydrogen-bond acceptors (Lipinski definition) is 4. The van der Waals surface area contributed by atoms with Gasteiger partial charge >= 0.3 is 7.82 Å². The Morgan fingerprint density at radius 3 is 2.47 bits per heavy atom. The summed E-state index contributed by atoms with van der Waals surface area (Å²) in [6, 6.07) is 0. The van der Waals surface area contributed by atoms with E-state index in [0.29, 0.717) is 5.69 Å². The predicted molar refractivity (Wildman–Crippen MR) is 54.6 cm³/mol. The molecule has 96 valence electrons. The molecule has 0 radical (unpaired) electrons. The number of phosphoric ester groups is 1. The van der Waals surface area contributed by atoms with Crippen molar-refractivity contribution in [2.75, 3.05) is 0 Å². The molecule has 0 aliphatic heterocycles. The standard InChI is InChI=1S/C9H14NO6P/c1-5-7(9(12)16-17(13,14)15)4-10(3)6(2)8(5)11/h4,9,11H,1-3H3,(H2,13,14,15). The molecule has 0 saturated heterocycles. The summed E-state index contributed by atoms with van der Waals surface area (Å²) >= 11 is 0. The van der Waals surface area contributed by atoms with Crippen molar-refractivity contribution < 1.29 is 33.7 Å². The molecular formula is C9H14NO6P. The van der Waals surface area contributed by atoms with Crippen LogP contribution in [-0.4, -0.2) is 14.9 Å². The summed E-state index contributed by atoms with van der Waals surface area (Å²) in [5.41, 5.74) is 0.766. The third-order valence-electron chi connectivity index (χ3n) is 2.48. The Hall–Kier alpha value is -0.980. The molecule has 8 heteroatoms. The summed E-state index contributed by atoms with van der Waals surface area (Å²) in [4.78, 5) is 17.1. The Morgan fingerprint density at radius 1 is 1.47 bits per heavy atom. The number of aromatic hydroxyl groups is 1. The molecule has 0 spiro atoms. The molecule has 1 unspecified atom stereocenters. The maximum atomic E-state index is 11.5. The first-order chi connectivity index (χ1) is 7.63. The van der Waals surface area contributed by atoms with Gasteiger partial charge in [0.2, 0.25) is 5.69 Å². The SMILES string of the molecule is Cc1c(C([O-])OP(=O)(O)O)c[n+](C)c(C)c1O. The zero-order valence-corrected chi connectivity index (χ0v) is 10.5. The molecule has 0 amide bonds. The van der Waals surface area contributed by atoms with Crippen molar-refractivity contribution in [3.63, 3.8) is 0 Å². The molecule has 1 rings (SSSR count). The number of aryl methyl sites for hydroxylation is 1. The number of aromatic nitrogens is 1. The van der Waals surface area contributed by atoms with Gasteiger partial charge in [-0.2, -0.15) is 0 Å². The Kier molecular flexibility index (Phi) is 3.91. The summed E-state index contributed by atoms with van der Waals surface area (Å²) in [7, 11) is -3.25. The highest BCUT2D eigenvalue weighted by Crippen LogP contribution is 2.41. The van der Waals surface area contributed by atoms with E-state index in [1.54, 1.807) is 14.0 Å². The normalized spacial score (nSPS) is 13.8. The second-order valence-electron chi connectivity index (χ2n) is 3.68. The second kappa shape index (κ2) is 4.72. The molecule has 0 bridgehead atoms. The largest absolute Gasteiger partial charge is 0.827 e. The van der Waals surface area contributed by atoms with Gasteiger partial charge in [-0.15, -0.1) is 0 Å². The van der Waals surface area contributed by atoms with Gasteiger partial charge in [0.25, 0.3) is 0 Å². The molecule has 1 aromatic heterocycles. The predicted octanol–water partition coefficient (Wildman–Crippen LogP) is -0.698. The van der Waals surface area contributed by atoms with Crippen LogP contribution in [0.25, 0.3) is 0 Å². The molecule has 3 N–H and O–H groups in total. The summed E-state index contributed by atoms with van der Waals surface area (Å²) in [5, 5.41) is 21.2. The number of pyridine rings is 1. The first-order valence-corrected chi connectivity index (χ1v) is 6.25. The summed E-state index contributed by atoms with van der Waals surface area (Å²) in [5.74, 6) is -0.0971. The lowest BCUT2D eigenvalue weighted by molar-refractivity contribution is -0.679. The minimum atomic E-state index is -4.85. The zero-order chi connectivity index (χ0) is 13.4. The van der Waals surface area contributed by atoms with Gasteiger partial charge in [-0.25, -0.2) is 9.13 Å². The average Bonchev–Trinajstić information content (AvgIpc) is 2.17. The number of nitrogens with zero attached hydrogens (tertiary/aromatic N) is 1. The van der Waals surface area contributed by atoms with Crippen molar-refractivity contribution in [2.45, 2.75) is 20.1 Å². The van der Waals surface area contributed by atoms with Crippen molar-refractivity contribution in [1.82, 2.24) is 0 Å². The Bertz CT molecular complexity index is 483. The molecule has 0 aliphatic carbocycles. The smallest absolute Gasteiger partial charge is 0.468 e. The van der Waals surface area contributed by atoms with Gasteiger partial charge in [0.15, 0.2) is 11.9 Å². The van der Waals surface area contributed by atoms with Gasteiger partial charge in [-0.05, 0) is 6.92 Å². The molecule has 0 aromatic carbocycles. The van der Waals surface area contributed by atoms with E-state index in [1.807, 2.05) is 0 Å². The van der Waals surface area contributed by atoms with E-state index in [2.05, 4.69) is 4.52 Å². The molecule has 1 aromatic rings. The van der Waals surface area contributed by atoms with E-state index in [-0.39, 0.29) is 16.9 Å². The number of rotatable bonds is 3. The van der Waals surface area contributed by atoms with Crippen LogP contribution in [-0.2, 0) is 16.1 Å². The maximum Gasteiger partial charge on any atom is 0.468 e. The van der Waals surface area contributed by atoms with Crippen molar-refractivity contribution in [3.8, 4) is 5.75 Å². The van der Waals surface area contributed by atoms with Crippen LogP contribution in [0.15, 0.2) is 6.20 Å². The van der Waals surface area contributed by atoms with E-state index >= 15 is 0 Å². The highest BCUT2D eigenvalue weighted by Gasteiger charge is 2.22. The van der Waals surface area contributed by atoms with Gasteiger partial charge in [0.05, 0.1) is 0 Å². The fourth-order valence-corrected chi connectivity index (χ4v) is 1.76. The highest BCUT2D eigenvalue weighted by molar-refractivity contribution is 7.46. The fraction of sp³-hybridized carbons (Fsp3) is 0.444. The molecule has 1 heterocycles. The number of phosphoric acid groups is 1. The van der Waals surface area contributed by atoms with Crippen LogP contribution in [0, 0.1) is 13.8 Å². The topological polar surface area (TPSA) is 114 Å². The van der Waals surface area contributed by atoms with Gasteiger partial charge in [-0.3, -0.25) is 4.52 Å². The van der Waals surface area contributed by atoms with Gasteiger partial charge in [0.1, 0.15) is 7.05 Å². The van der Waals surface area contributed by atoms with Gasteiger partial charge in [0, 0.05) is 24.3 Å². The lowest BCUT2D eigenvalue weighted by Crippen LogP contribution is -2.34. The van der Waals surface area contributed by atoms with E-state index in [1.165, 1.54) is 17.7 Å². The molecule has 0 aliphatic rings. The lowest BCUT2D eigenvalue weighted by atomic mass is 10.1. The summed E-state index contributed by atoms with van der Waals surface area (Å²) in [6.45, 7) is 3.13. The molecule has 1 atom stereocenters. The second-order valence-corrected chi connectivity index (χ2v) is 4.87. The van der Waals surface area contributed by atoms with Crippen molar-refractivity contribution in [1.29, 1.82) is 0 Å². The van der Waals surface area contributed by atoms with Crippen molar-refractivity contribution in [2.24, 2.45) is 7.05 Å². The first-order valence-electron chi connectivity index (χ1n) is 4.72. The Balaban J connectivity index is 3.19. The van der Waals surface area contributed by atoms with Crippen LogP contribution in [0.3, 0.4) is 0 Å². The zero-order valence-electron chi connectivity index (χ0n) is 9.62. The molecule has 17 heavy (non-hydrogen) atoms. The fourth-order valence-electron chi connectivity index (χ4n) is 1.40. The summed E-state index contributed by atoms with van der Waals surface area (Å²) < 4.78 is 16.1. The minimum absolute atomic E-state index is 0.0149. The van der Waals surface area contributed by atoms with E-state index in [4.69, 9.17) is 9.79 Å². The molecular weight excluding hydrogens is 249 g/mol. The Labute approximate surface area is 98.2 Å². The molecule has 7 nitrogen and oxygen atoms in total. The van der Waals surface area contributed by atoms with E-state index in [0.717, 1.165) is 0 Å². The third-order valence-corrected chi connectivity index (χ3v) is 2.95. The minimum Gasteiger partial charge on any atom is -0.827 e. The Morgan fingerprint density at radius 2 is 2.00 bits per heavy atom. The molecule has 0 saturated carbocycles. The van der Waals surface area contributed by atoms with Crippen LogP contribution in [0.2, 0.25) is 0 Å². The van der Waals surface area contributed by atoms with Crippen LogP contribution in [0.1, 0.15) is 23.1 Å². The average molecular weight is 263 g/mol.